The Bertz CT molecular complexity index is 576. The second-order valence-electron chi connectivity index (χ2n) is 3.56. The topological polar surface area (TPSA) is 0 Å². The summed E-state index contributed by atoms with van der Waals surface area (Å²) in [7, 11) is 0. The van der Waals surface area contributed by atoms with Gasteiger partial charge in [-0.2, -0.15) is 0 Å². The molecule has 0 spiro atoms. The van der Waals surface area contributed by atoms with Crippen molar-refractivity contribution >= 4 is 17.7 Å². The van der Waals surface area contributed by atoms with E-state index in [2.05, 4.69) is 6.58 Å². The van der Waals surface area contributed by atoms with Gasteiger partial charge in [-0.15, -0.1) is 0 Å². The summed E-state index contributed by atoms with van der Waals surface area (Å²) in [6.07, 6.45) is 1.41. The zero-order valence-electron chi connectivity index (χ0n) is 8.88. The fourth-order valence-corrected chi connectivity index (χ4v) is 1.81. The minimum Gasteiger partial charge on any atom is -0.207 e. The van der Waals surface area contributed by atoms with E-state index in [0.717, 1.165) is 0 Å². The Balaban J connectivity index is 2.60. The third-order valence-corrected chi connectivity index (χ3v) is 2.78. The van der Waals surface area contributed by atoms with E-state index in [-0.39, 0.29) is 11.6 Å². The summed E-state index contributed by atoms with van der Waals surface area (Å²) in [6.45, 7) is 3.52. The van der Waals surface area contributed by atoms with E-state index in [0.29, 0.717) is 21.7 Å². The molecular formula is C14H9ClF2. The fourth-order valence-electron chi connectivity index (χ4n) is 1.59. The SMILES string of the molecule is C=Cc1cc(-c2cc(F)ccc2Cl)ccc1F. The summed E-state index contributed by atoms with van der Waals surface area (Å²) in [6, 6.07) is 8.54. The van der Waals surface area contributed by atoms with Gasteiger partial charge in [-0.25, -0.2) is 8.78 Å². The summed E-state index contributed by atoms with van der Waals surface area (Å²) >= 11 is 5.98. The number of benzene rings is 2. The van der Waals surface area contributed by atoms with Crippen LogP contribution in [0, 0.1) is 11.6 Å². The molecule has 0 fully saturated rings. The lowest BCUT2D eigenvalue weighted by atomic mass is 10.0. The Morgan fingerprint density at radius 3 is 2.53 bits per heavy atom. The summed E-state index contributed by atoms with van der Waals surface area (Å²) < 4.78 is 26.4. The second kappa shape index (κ2) is 4.68. The van der Waals surface area contributed by atoms with Crippen molar-refractivity contribution in [3.05, 3.63) is 65.2 Å². The highest BCUT2D eigenvalue weighted by molar-refractivity contribution is 6.33. The minimum atomic E-state index is -0.381. The van der Waals surface area contributed by atoms with E-state index < -0.39 is 0 Å². The van der Waals surface area contributed by atoms with Crippen LogP contribution in [0.15, 0.2) is 43.0 Å². The first-order valence-electron chi connectivity index (χ1n) is 4.99. The molecule has 0 atom stereocenters. The van der Waals surface area contributed by atoms with Crippen molar-refractivity contribution in [2.75, 3.05) is 0 Å². The maximum atomic E-state index is 13.3. The van der Waals surface area contributed by atoms with E-state index >= 15 is 0 Å². The summed E-state index contributed by atoms with van der Waals surface area (Å²) in [4.78, 5) is 0. The van der Waals surface area contributed by atoms with Crippen LogP contribution in [0.4, 0.5) is 8.78 Å². The molecular weight excluding hydrogens is 242 g/mol. The highest BCUT2D eigenvalue weighted by Crippen LogP contribution is 2.30. The molecule has 0 N–H and O–H groups in total. The van der Waals surface area contributed by atoms with Crippen molar-refractivity contribution in [3.8, 4) is 11.1 Å². The summed E-state index contributed by atoms with van der Waals surface area (Å²) in [5.41, 5.74) is 1.56. The van der Waals surface area contributed by atoms with Gasteiger partial charge in [0.15, 0.2) is 0 Å². The van der Waals surface area contributed by atoms with Gasteiger partial charge in [0.2, 0.25) is 0 Å². The zero-order chi connectivity index (χ0) is 12.4. The Hall–Kier alpha value is -1.67. The van der Waals surface area contributed by atoms with Crippen molar-refractivity contribution in [3.63, 3.8) is 0 Å². The van der Waals surface area contributed by atoms with Gasteiger partial charge >= 0.3 is 0 Å². The molecule has 0 aliphatic heterocycles. The van der Waals surface area contributed by atoms with Gasteiger partial charge in [0.05, 0.1) is 0 Å². The molecule has 0 aromatic heterocycles. The van der Waals surface area contributed by atoms with Crippen molar-refractivity contribution < 1.29 is 8.78 Å². The number of hydrogen-bond acceptors (Lipinski definition) is 0. The molecule has 0 saturated heterocycles. The standard InChI is InChI=1S/C14H9ClF2/c1-2-9-7-10(3-6-14(9)17)12-8-11(16)4-5-13(12)15/h2-8H,1H2. The largest absolute Gasteiger partial charge is 0.207 e. The van der Waals surface area contributed by atoms with Crippen LogP contribution in [0.25, 0.3) is 17.2 Å². The van der Waals surface area contributed by atoms with Crippen LogP contribution in [-0.2, 0) is 0 Å². The average Bonchev–Trinajstić information content (AvgIpc) is 2.33. The quantitative estimate of drug-likeness (QED) is 0.709. The molecule has 0 saturated carbocycles. The average molecular weight is 251 g/mol. The molecule has 86 valence electrons. The summed E-state index contributed by atoms with van der Waals surface area (Å²) in [5, 5.41) is 0.424. The third kappa shape index (κ3) is 2.37. The summed E-state index contributed by atoms with van der Waals surface area (Å²) in [5.74, 6) is -0.745. The molecule has 0 nitrogen and oxygen atoms in total. The first-order chi connectivity index (χ1) is 8.11. The van der Waals surface area contributed by atoms with E-state index in [4.69, 9.17) is 11.6 Å². The van der Waals surface area contributed by atoms with Gasteiger partial charge in [-0.1, -0.05) is 30.3 Å². The Labute approximate surface area is 103 Å². The number of hydrogen-bond donors (Lipinski definition) is 0. The van der Waals surface area contributed by atoms with Crippen molar-refractivity contribution in [1.82, 2.24) is 0 Å². The van der Waals surface area contributed by atoms with Crippen LogP contribution in [0.3, 0.4) is 0 Å². The van der Waals surface area contributed by atoms with Crippen molar-refractivity contribution in [1.29, 1.82) is 0 Å². The molecule has 0 aliphatic carbocycles. The zero-order valence-corrected chi connectivity index (χ0v) is 9.64. The van der Waals surface area contributed by atoms with Crippen LogP contribution in [0.2, 0.25) is 5.02 Å². The van der Waals surface area contributed by atoms with Gasteiger partial charge in [-0.3, -0.25) is 0 Å². The van der Waals surface area contributed by atoms with Gasteiger partial charge in [0, 0.05) is 16.1 Å². The maximum absolute atomic E-state index is 13.3. The molecule has 2 rings (SSSR count). The fraction of sp³-hybridized carbons (Fsp3) is 0. The molecule has 2 aromatic rings. The van der Waals surface area contributed by atoms with Crippen LogP contribution in [0.5, 0.6) is 0 Å². The first kappa shape index (κ1) is 11.8. The van der Waals surface area contributed by atoms with Crippen molar-refractivity contribution in [2.24, 2.45) is 0 Å². The van der Waals surface area contributed by atoms with E-state index in [1.54, 1.807) is 12.1 Å². The molecule has 17 heavy (non-hydrogen) atoms. The normalized spacial score (nSPS) is 10.3. The molecule has 0 radical (unpaired) electrons. The lowest BCUT2D eigenvalue weighted by molar-refractivity contribution is 0.625. The molecule has 2 aromatic carbocycles. The Morgan fingerprint density at radius 1 is 1.06 bits per heavy atom. The lowest BCUT2D eigenvalue weighted by Gasteiger charge is -2.06. The predicted molar refractivity (Wildman–Crippen MR) is 66.9 cm³/mol. The van der Waals surface area contributed by atoms with Gasteiger partial charge in [0.1, 0.15) is 11.6 Å². The van der Waals surface area contributed by atoms with Crippen LogP contribution >= 0.6 is 11.6 Å². The molecule has 0 heterocycles. The van der Waals surface area contributed by atoms with Crippen LogP contribution < -0.4 is 0 Å². The van der Waals surface area contributed by atoms with E-state index in [1.165, 1.54) is 30.3 Å². The molecule has 0 aliphatic rings. The highest BCUT2D eigenvalue weighted by Gasteiger charge is 2.07. The smallest absolute Gasteiger partial charge is 0.130 e. The van der Waals surface area contributed by atoms with E-state index in [9.17, 15) is 8.78 Å². The number of halogens is 3. The molecule has 0 bridgehead atoms. The number of rotatable bonds is 2. The minimum absolute atomic E-state index is 0.364. The van der Waals surface area contributed by atoms with Gasteiger partial charge in [0.25, 0.3) is 0 Å². The van der Waals surface area contributed by atoms with E-state index in [1.807, 2.05) is 0 Å². The highest BCUT2D eigenvalue weighted by atomic mass is 35.5. The maximum Gasteiger partial charge on any atom is 0.130 e. The van der Waals surface area contributed by atoms with Crippen LogP contribution in [-0.4, -0.2) is 0 Å². The molecule has 3 heteroatoms. The van der Waals surface area contributed by atoms with Gasteiger partial charge < -0.3 is 0 Å². The van der Waals surface area contributed by atoms with Gasteiger partial charge in [-0.05, 0) is 35.9 Å². The lowest BCUT2D eigenvalue weighted by Crippen LogP contribution is -1.86. The van der Waals surface area contributed by atoms with Crippen LogP contribution in [0.1, 0.15) is 5.56 Å². The molecule has 0 unspecified atom stereocenters. The Morgan fingerprint density at radius 2 is 1.82 bits per heavy atom. The third-order valence-electron chi connectivity index (χ3n) is 2.46. The molecule has 0 amide bonds. The first-order valence-corrected chi connectivity index (χ1v) is 5.37. The monoisotopic (exact) mass is 250 g/mol. The Kier molecular flexibility index (Phi) is 3.25. The second-order valence-corrected chi connectivity index (χ2v) is 3.97. The predicted octanol–water partition coefficient (Wildman–Crippen LogP) is 4.93. The van der Waals surface area contributed by atoms with Crippen molar-refractivity contribution in [2.45, 2.75) is 0 Å².